The molecule has 2 aliphatic heterocycles. The molecule has 2 aliphatic rings. The van der Waals surface area contributed by atoms with E-state index in [-0.39, 0.29) is 23.9 Å². The molecule has 0 spiro atoms. The predicted molar refractivity (Wildman–Crippen MR) is 149 cm³/mol. The highest BCUT2D eigenvalue weighted by molar-refractivity contribution is 6.04. The van der Waals surface area contributed by atoms with Crippen LogP contribution in [0.4, 0.5) is 23.1 Å². The average Bonchev–Trinajstić information content (AvgIpc) is 2.93. The summed E-state index contributed by atoms with van der Waals surface area (Å²) in [7, 11) is 7.09. The lowest BCUT2D eigenvalue weighted by Gasteiger charge is -2.43. The Morgan fingerprint density at radius 3 is 2.63 bits per heavy atom. The lowest BCUT2D eigenvalue weighted by atomic mass is 9.88. The van der Waals surface area contributed by atoms with Crippen LogP contribution in [-0.4, -0.2) is 80.2 Å². The summed E-state index contributed by atoms with van der Waals surface area (Å²) < 4.78 is 5.62. The number of likely N-dealkylation sites (N-methyl/N-ethyl adjacent to an activating group) is 1. The quantitative estimate of drug-likeness (QED) is 0.455. The van der Waals surface area contributed by atoms with Gasteiger partial charge in [0.2, 0.25) is 5.95 Å². The molecule has 11 heteroatoms. The Bertz CT molecular complexity index is 1150. The minimum Gasteiger partial charge on any atom is -0.495 e. The molecule has 206 valence electrons. The number of carbonyl (C=O) groups excluding carboxylic acids is 2. The number of anilines is 4. The number of nitrogens with one attached hydrogen (secondary N) is 3. The van der Waals surface area contributed by atoms with Crippen LogP contribution >= 0.6 is 0 Å². The minimum absolute atomic E-state index is 0.000917. The molecular formula is C27H40N8O3. The Morgan fingerprint density at radius 1 is 1.26 bits per heavy atom. The number of piperidine rings is 1. The van der Waals surface area contributed by atoms with Crippen LogP contribution in [0.5, 0.6) is 5.75 Å². The van der Waals surface area contributed by atoms with Crippen LogP contribution in [0.2, 0.25) is 0 Å². The fraction of sp³-hybridized carbons (Fsp3) is 0.556. The van der Waals surface area contributed by atoms with Crippen molar-refractivity contribution in [1.82, 2.24) is 25.6 Å². The van der Waals surface area contributed by atoms with Crippen molar-refractivity contribution in [2.24, 2.45) is 5.92 Å². The van der Waals surface area contributed by atoms with Gasteiger partial charge in [-0.3, -0.25) is 14.6 Å². The van der Waals surface area contributed by atoms with E-state index in [2.05, 4.69) is 27.9 Å². The standard InChI is InChI=1S/C27H40N8O3/c1-7-19(17-11-13-28-14-12-17)30-25(36)18-9-10-20(23(15-18)38-6)31-27-29-16-22-24(32-27)35(33(3)4)21(8-2)26(37)34(22)5/h9-10,15-17,19,21,28H,7-8,11-14H2,1-6H3,(H,30,36)(H,29,31,32). The van der Waals surface area contributed by atoms with E-state index in [0.717, 1.165) is 32.4 Å². The number of hydrogen-bond donors (Lipinski definition) is 3. The van der Waals surface area contributed by atoms with Crippen molar-refractivity contribution in [2.75, 3.05) is 56.6 Å². The number of ether oxygens (including phenoxy) is 1. The van der Waals surface area contributed by atoms with Gasteiger partial charge in [0.05, 0.1) is 19.0 Å². The number of methoxy groups -OCH3 is 1. The molecule has 0 radical (unpaired) electrons. The van der Waals surface area contributed by atoms with Gasteiger partial charge in [-0.25, -0.2) is 9.99 Å². The molecule has 2 amide bonds. The molecular weight excluding hydrogens is 484 g/mol. The number of benzene rings is 1. The number of hydrogen-bond acceptors (Lipinski definition) is 9. The van der Waals surface area contributed by atoms with Crippen molar-refractivity contribution >= 4 is 35.0 Å². The first-order chi connectivity index (χ1) is 18.3. The van der Waals surface area contributed by atoms with Gasteiger partial charge in [-0.05, 0) is 62.9 Å². The summed E-state index contributed by atoms with van der Waals surface area (Å²) in [6, 6.07) is 5.11. The second kappa shape index (κ2) is 12.0. The normalized spacial score (nSPS) is 18.8. The Hall–Kier alpha value is -3.44. The van der Waals surface area contributed by atoms with Gasteiger partial charge in [-0.1, -0.05) is 13.8 Å². The summed E-state index contributed by atoms with van der Waals surface area (Å²) >= 11 is 0. The highest BCUT2D eigenvalue weighted by Crippen LogP contribution is 2.36. The van der Waals surface area contributed by atoms with Crippen LogP contribution in [0.1, 0.15) is 49.9 Å². The number of hydrazine groups is 1. The monoisotopic (exact) mass is 524 g/mol. The van der Waals surface area contributed by atoms with Crippen molar-refractivity contribution < 1.29 is 14.3 Å². The first-order valence-corrected chi connectivity index (χ1v) is 13.4. The number of fused-ring (bicyclic) bond motifs is 1. The Balaban J connectivity index is 1.55. The van der Waals surface area contributed by atoms with Crippen LogP contribution in [0.25, 0.3) is 0 Å². The number of amides is 2. The summed E-state index contributed by atoms with van der Waals surface area (Å²) in [5, 5.41) is 13.6. The number of aromatic nitrogens is 2. The second-order valence-corrected chi connectivity index (χ2v) is 10.0. The van der Waals surface area contributed by atoms with Gasteiger partial charge >= 0.3 is 0 Å². The average molecular weight is 525 g/mol. The Labute approximate surface area is 224 Å². The lowest BCUT2D eigenvalue weighted by molar-refractivity contribution is -0.120. The summed E-state index contributed by atoms with van der Waals surface area (Å²) in [4.78, 5) is 36.8. The van der Waals surface area contributed by atoms with E-state index in [1.165, 1.54) is 0 Å². The van der Waals surface area contributed by atoms with Crippen molar-refractivity contribution in [2.45, 2.75) is 51.6 Å². The molecule has 1 saturated heterocycles. The van der Waals surface area contributed by atoms with Gasteiger partial charge in [0.1, 0.15) is 17.5 Å². The van der Waals surface area contributed by atoms with Crippen LogP contribution < -0.4 is 30.6 Å². The number of nitrogens with zero attached hydrogens (tertiary/aromatic N) is 5. The molecule has 38 heavy (non-hydrogen) atoms. The summed E-state index contributed by atoms with van der Waals surface area (Å²) in [5.41, 5.74) is 1.81. The van der Waals surface area contributed by atoms with E-state index in [9.17, 15) is 9.59 Å². The third-order valence-electron chi connectivity index (χ3n) is 7.48. The Morgan fingerprint density at radius 2 is 2.00 bits per heavy atom. The predicted octanol–water partition coefficient (Wildman–Crippen LogP) is 2.77. The first-order valence-electron chi connectivity index (χ1n) is 13.4. The van der Waals surface area contributed by atoms with Crippen LogP contribution in [0, 0.1) is 5.92 Å². The van der Waals surface area contributed by atoms with Gasteiger partial charge in [0.25, 0.3) is 11.8 Å². The maximum absolute atomic E-state index is 13.1. The lowest BCUT2D eigenvalue weighted by Crippen LogP contribution is -2.57. The van der Waals surface area contributed by atoms with Gasteiger partial charge in [0, 0.05) is 32.7 Å². The number of rotatable bonds is 9. The summed E-state index contributed by atoms with van der Waals surface area (Å²) in [5.74, 6) is 1.89. The van der Waals surface area contributed by atoms with Gasteiger partial charge in [0.15, 0.2) is 5.82 Å². The largest absolute Gasteiger partial charge is 0.495 e. The summed E-state index contributed by atoms with van der Waals surface area (Å²) in [6.45, 7) is 6.09. The summed E-state index contributed by atoms with van der Waals surface area (Å²) in [6.07, 6.45) is 5.32. The molecule has 1 aromatic heterocycles. The van der Waals surface area contributed by atoms with Crippen LogP contribution in [-0.2, 0) is 4.79 Å². The molecule has 11 nitrogen and oxygen atoms in total. The zero-order chi connectivity index (χ0) is 27.4. The SMILES string of the molecule is CCC(NC(=O)c1ccc(Nc2ncc3c(n2)N(N(C)C)C(CC)C(=O)N3C)c(OC)c1)C1CCNCC1. The third kappa shape index (κ3) is 5.53. The van der Waals surface area contributed by atoms with E-state index in [0.29, 0.717) is 46.8 Å². The molecule has 3 heterocycles. The van der Waals surface area contributed by atoms with Crippen molar-refractivity contribution in [3.05, 3.63) is 30.0 Å². The van der Waals surface area contributed by atoms with Gasteiger partial charge in [-0.2, -0.15) is 4.98 Å². The van der Waals surface area contributed by atoms with Crippen LogP contribution in [0.3, 0.4) is 0 Å². The maximum Gasteiger partial charge on any atom is 0.251 e. The van der Waals surface area contributed by atoms with Crippen molar-refractivity contribution in [3.8, 4) is 5.75 Å². The second-order valence-electron chi connectivity index (χ2n) is 10.0. The zero-order valence-electron chi connectivity index (χ0n) is 23.2. The van der Waals surface area contributed by atoms with Crippen molar-refractivity contribution in [3.63, 3.8) is 0 Å². The van der Waals surface area contributed by atoms with E-state index < -0.39 is 0 Å². The third-order valence-corrected chi connectivity index (χ3v) is 7.48. The molecule has 1 aromatic carbocycles. The highest BCUT2D eigenvalue weighted by atomic mass is 16.5. The maximum atomic E-state index is 13.1. The van der Waals surface area contributed by atoms with Gasteiger partial charge < -0.3 is 25.6 Å². The smallest absolute Gasteiger partial charge is 0.251 e. The minimum atomic E-state index is -0.352. The van der Waals surface area contributed by atoms with Gasteiger partial charge in [-0.15, -0.1) is 0 Å². The first kappa shape index (κ1) is 27.6. The van der Waals surface area contributed by atoms with E-state index in [4.69, 9.17) is 9.72 Å². The number of carbonyl (C=O) groups is 2. The molecule has 1 fully saturated rings. The molecule has 2 unspecified atom stereocenters. The molecule has 0 aliphatic carbocycles. The molecule has 2 aromatic rings. The van der Waals surface area contributed by atoms with E-state index in [1.807, 2.05) is 31.0 Å². The van der Waals surface area contributed by atoms with E-state index in [1.54, 1.807) is 43.5 Å². The topological polar surface area (TPSA) is 115 Å². The Kier molecular flexibility index (Phi) is 8.68. The van der Waals surface area contributed by atoms with Crippen molar-refractivity contribution in [1.29, 1.82) is 0 Å². The molecule has 0 bridgehead atoms. The zero-order valence-corrected chi connectivity index (χ0v) is 23.2. The molecule has 2 atom stereocenters. The highest BCUT2D eigenvalue weighted by Gasteiger charge is 2.38. The molecule has 3 N–H and O–H groups in total. The van der Waals surface area contributed by atoms with Crippen LogP contribution in [0.15, 0.2) is 24.4 Å². The fourth-order valence-corrected chi connectivity index (χ4v) is 5.35. The molecule has 4 rings (SSSR count). The fourth-order valence-electron chi connectivity index (χ4n) is 5.35. The van der Waals surface area contributed by atoms with E-state index >= 15 is 0 Å². The molecule has 0 saturated carbocycles.